The van der Waals surface area contributed by atoms with Crippen LogP contribution in [0.3, 0.4) is 0 Å². The molecule has 1 heterocycles. The van der Waals surface area contributed by atoms with Gasteiger partial charge >= 0.3 is 0 Å². The predicted molar refractivity (Wildman–Crippen MR) is 120 cm³/mol. The first-order valence-corrected chi connectivity index (χ1v) is 11.7. The van der Waals surface area contributed by atoms with Gasteiger partial charge in [0.25, 0.3) is 5.91 Å². The molecule has 1 fully saturated rings. The van der Waals surface area contributed by atoms with Crippen molar-refractivity contribution in [3.63, 3.8) is 0 Å². The Morgan fingerprint density at radius 1 is 1.17 bits per heavy atom. The van der Waals surface area contributed by atoms with Crippen LogP contribution in [0.1, 0.15) is 46.7 Å². The quantitative estimate of drug-likeness (QED) is 0.451. The van der Waals surface area contributed by atoms with Gasteiger partial charge in [-0.3, -0.25) is 4.79 Å². The van der Waals surface area contributed by atoms with Crippen molar-refractivity contribution < 1.29 is 9.53 Å². The van der Waals surface area contributed by atoms with E-state index in [4.69, 9.17) is 4.74 Å². The van der Waals surface area contributed by atoms with Gasteiger partial charge < -0.3 is 10.1 Å². The smallest absolute Gasteiger partial charge is 0.255 e. The van der Waals surface area contributed by atoms with E-state index in [1.54, 1.807) is 23.1 Å². The number of nitrogens with zero attached hydrogens (tertiary/aromatic N) is 1. The van der Waals surface area contributed by atoms with Gasteiger partial charge in [0, 0.05) is 21.6 Å². The summed E-state index contributed by atoms with van der Waals surface area (Å²) in [6, 6.07) is 15.4. The Bertz CT molecular complexity index is 963. The van der Waals surface area contributed by atoms with E-state index in [-0.39, 0.29) is 12.0 Å². The summed E-state index contributed by atoms with van der Waals surface area (Å²) >= 11 is 3.39. The second-order valence-electron chi connectivity index (χ2n) is 7.15. The van der Waals surface area contributed by atoms with Crippen LogP contribution < -0.4 is 10.1 Å². The summed E-state index contributed by atoms with van der Waals surface area (Å²) < 4.78 is 6.11. The van der Waals surface area contributed by atoms with Gasteiger partial charge in [0.15, 0.2) is 0 Å². The zero-order valence-corrected chi connectivity index (χ0v) is 18.0. The lowest BCUT2D eigenvalue weighted by Crippen LogP contribution is -2.15. The molecule has 29 heavy (non-hydrogen) atoms. The van der Waals surface area contributed by atoms with E-state index in [1.807, 2.05) is 55.5 Å². The van der Waals surface area contributed by atoms with Gasteiger partial charge in [0.2, 0.25) is 0 Å². The van der Waals surface area contributed by atoms with Crippen molar-refractivity contribution in [3.05, 3.63) is 70.2 Å². The van der Waals surface area contributed by atoms with Crippen molar-refractivity contribution in [3.8, 4) is 5.75 Å². The summed E-state index contributed by atoms with van der Waals surface area (Å²) in [6.07, 6.45) is 4.85. The number of hydrogen-bond acceptors (Lipinski definition) is 5. The molecule has 1 aliphatic carbocycles. The van der Waals surface area contributed by atoms with Gasteiger partial charge in [-0.15, -0.1) is 23.1 Å². The molecule has 150 valence electrons. The Morgan fingerprint density at radius 2 is 1.93 bits per heavy atom. The number of benzene rings is 2. The minimum Gasteiger partial charge on any atom is -0.488 e. The highest BCUT2D eigenvalue weighted by molar-refractivity contribution is 7.98. The number of nitrogens with one attached hydrogen (secondary N) is 1. The highest BCUT2D eigenvalue weighted by atomic mass is 32.2. The van der Waals surface area contributed by atoms with Crippen molar-refractivity contribution in [2.45, 2.75) is 49.4 Å². The van der Waals surface area contributed by atoms with Crippen LogP contribution in [0.25, 0.3) is 0 Å². The normalized spacial score (nSPS) is 14.1. The second-order valence-corrected chi connectivity index (χ2v) is 9.26. The fourth-order valence-corrected chi connectivity index (χ4v) is 4.90. The number of amides is 1. The van der Waals surface area contributed by atoms with Gasteiger partial charge in [-0.1, -0.05) is 12.1 Å². The Labute approximate surface area is 179 Å². The number of aryl methyl sites for hydroxylation is 1. The first kappa shape index (κ1) is 20.0. The monoisotopic (exact) mass is 424 g/mol. The maximum atomic E-state index is 12.7. The number of ether oxygens (including phenoxy) is 1. The lowest BCUT2D eigenvalue weighted by molar-refractivity contribution is 0.102. The third-order valence-corrected chi connectivity index (χ3v) is 6.77. The molecule has 0 radical (unpaired) electrons. The molecular weight excluding hydrogens is 400 g/mol. The van der Waals surface area contributed by atoms with Crippen LogP contribution in [0, 0.1) is 6.92 Å². The molecule has 3 aromatic rings. The number of aromatic nitrogens is 1. The average molecular weight is 425 g/mol. The van der Waals surface area contributed by atoms with Crippen LogP contribution in [0.5, 0.6) is 5.75 Å². The number of anilines is 1. The van der Waals surface area contributed by atoms with E-state index >= 15 is 0 Å². The Balaban J connectivity index is 1.37. The van der Waals surface area contributed by atoms with Gasteiger partial charge in [0.1, 0.15) is 5.75 Å². The average Bonchev–Trinajstić information content (AvgIpc) is 3.40. The zero-order valence-electron chi connectivity index (χ0n) is 16.4. The summed E-state index contributed by atoms with van der Waals surface area (Å²) in [6.45, 7) is 2.02. The number of hydrogen-bond donors (Lipinski definition) is 1. The standard InChI is InChI=1S/C23H24N2O2S2/c1-16-24-18(14-28-16)15-29-20-12-10-17(11-13-20)23(26)25-21-8-4-5-9-22(21)27-19-6-2-3-7-19/h4-5,8-14,19H,2-3,6-7,15H2,1H3,(H,25,26). The predicted octanol–water partition coefficient (Wildman–Crippen LogP) is 6.32. The zero-order chi connectivity index (χ0) is 20.1. The van der Waals surface area contributed by atoms with Gasteiger partial charge in [-0.05, 0) is 69.0 Å². The molecule has 0 atom stereocenters. The fraction of sp³-hybridized carbons (Fsp3) is 0.304. The third kappa shape index (κ3) is 5.40. The summed E-state index contributed by atoms with van der Waals surface area (Å²) in [5, 5.41) is 6.18. The minimum atomic E-state index is -0.126. The second kappa shape index (κ2) is 9.46. The van der Waals surface area contributed by atoms with Crippen LogP contribution in [-0.2, 0) is 5.75 Å². The number of para-hydroxylation sites is 2. The van der Waals surface area contributed by atoms with Gasteiger partial charge in [-0.25, -0.2) is 4.98 Å². The molecule has 1 aliphatic rings. The molecule has 1 amide bonds. The molecule has 0 unspecified atom stereocenters. The maximum Gasteiger partial charge on any atom is 0.255 e. The van der Waals surface area contributed by atoms with Crippen LogP contribution in [-0.4, -0.2) is 17.0 Å². The molecule has 4 nitrogen and oxygen atoms in total. The molecule has 1 saturated carbocycles. The Kier molecular flexibility index (Phi) is 6.52. The Hall–Kier alpha value is -2.31. The minimum absolute atomic E-state index is 0.126. The lowest BCUT2D eigenvalue weighted by Gasteiger charge is -2.17. The van der Waals surface area contributed by atoms with Crippen molar-refractivity contribution in [2.75, 3.05) is 5.32 Å². The molecule has 1 N–H and O–H groups in total. The molecule has 0 aliphatic heterocycles. The van der Waals surface area contributed by atoms with Gasteiger partial charge in [-0.2, -0.15) is 0 Å². The van der Waals surface area contributed by atoms with E-state index in [9.17, 15) is 4.79 Å². The number of thiazole rings is 1. The van der Waals surface area contributed by atoms with E-state index in [0.717, 1.165) is 45.6 Å². The van der Waals surface area contributed by atoms with Crippen molar-refractivity contribution >= 4 is 34.7 Å². The number of rotatable bonds is 7. The first-order chi connectivity index (χ1) is 14.2. The van der Waals surface area contributed by atoms with E-state index in [2.05, 4.69) is 15.7 Å². The molecular formula is C23H24N2O2S2. The number of thioether (sulfide) groups is 1. The summed E-state index contributed by atoms with van der Waals surface area (Å²) in [5.41, 5.74) is 2.45. The lowest BCUT2D eigenvalue weighted by atomic mass is 10.2. The molecule has 0 spiro atoms. The highest BCUT2D eigenvalue weighted by Crippen LogP contribution is 2.30. The largest absolute Gasteiger partial charge is 0.488 e. The molecule has 0 bridgehead atoms. The van der Waals surface area contributed by atoms with Crippen LogP contribution in [0.15, 0.2) is 58.8 Å². The number of carbonyl (C=O) groups excluding carboxylic acids is 1. The molecule has 2 aromatic carbocycles. The topological polar surface area (TPSA) is 51.2 Å². The summed E-state index contributed by atoms with van der Waals surface area (Å²) in [7, 11) is 0. The van der Waals surface area contributed by atoms with Gasteiger partial charge in [0.05, 0.1) is 22.5 Å². The fourth-order valence-electron chi connectivity index (χ4n) is 3.39. The molecule has 1 aromatic heterocycles. The SMILES string of the molecule is Cc1nc(CSc2ccc(C(=O)Nc3ccccc3OC3CCCC3)cc2)cs1. The number of carbonyl (C=O) groups is 1. The van der Waals surface area contributed by atoms with E-state index < -0.39 is 0 Å². The summed E-state index contributed by atoms with van der Waals surface area (Å²) in [4.78, 5) is 18.3. The maximum absolute atomic E-state index is 12.7. The van der Waals surface area contributed by atoms with Crippen LogP contribution in [0.4, 0.5) is 5.69 Å². The molecule has 6 heteroatoms. The van der Waals surface area contributed by atoms with Crippen molar-refractivity contribution in [1.29, 1.82) is 0 Å². The summed E-state index contributed by atoms with van der Waals surface area (Å²) in [5.74, 6) is 1.46. The third-order valence-electron chi connectivity index (χ3n) is 4.90. The first-order valence-electron chi connectivity index (χ1n) is 9.88. The van der Waals surface area contributed by atoms with Crippen LogP contribution in [0.2, 0.25) is 0 Å². The van der Waals surface area contributed by atoms with E-state index in [0.29, 0.717) is 5.56 Å². The molecule has 0 saturated heterocycles. The highest BCUT2D eigenvalue weighted by Gasteiger charge is 2.18. The van der Waals surface area contributed by atoms with Crippen molar-refractivity contribution in [1.82, 2.24) is 4.98 Å². The molecule has 4 rings (SSSR count). The Morgan fingerprint density at radius 3 is 2.66 bits per heavy atom. The van der Waals surface area contributed by atoms with Crippen molar-refractivity contribution in [2.24, 2.45) is 0 Å². The van der Waals surface area contributed by atoms with Crippen LogP contribution >= 0.6 is 23.1 Å². The van der Waals surface area contributed by atoms with E-state index in [1.165, 1.54) is 12.8 Å².